The zero-order valence-corrected chi connectivity index (χ0v) is 12.1. The van der Waals surface area contributed by atoms with E-state index < -0.39 is 12.0 Å². The van der Waals surface area contributed by atoms with Gasteiger partial charge in [0, 0.05) is 35.3 Å². The fourth-order valence-corrected chi connectivity index (χ4v) is 1.81. The predicted octanol–water partition coefficient (Wildman–Crippen LogP) is 2.50. The topological polar surface area (TPSA) is 69.9 Å². The van der Waals surface area contributed by atoms with Crippen LogP contribution in [0.1, 0.15) is 11.1 Å². The molecule has 21 heavy (non-hydrogen) atoms. The number of nitrogens with zero attached hydrogens (tertiary/aromatic N) is 1. The summed E-state index contributed by atoms with van der Waals surface area (Å²) < 4.78 is 0. The van der Waals surface area contributed by atoms with Crippen molar-refractivity contribution in [3.8, 4) is 5.75 Å². The van der Waals surface area contributed by atoms with Crippen molar-refractivity contribution in [3.63, 3.8) is 0 Å². The third-order valence-electron chi connectivity index (χ3n) is 2.89. The van der Waals surface area contributed by atoms with Gasteiger partial charge in [-0.05, 0) is 17.7 Å². The van der Waals surface area contributed by atoms with Crippen LogP contribution in [0.2, 0.25) is 0 Å². The number of aliphatic imine (C=N–C) groups is 1. The van der Waals surface area contributed by atoms with Gasteiger partial charge in [0.15, 0.2) is 6.04 Å². The summed E-state index contributed by atoms with van der Waals surface area (Å²) in [5, 5.41) is 18.8. The van der Waals surface area contributed by atoms with Crippen molar-refractivity contribution in [3.05, 3.63) is 65.7 Å². The number of hydrogen-bond donors (Lipinski definition) is 2. The normalized spacial score (nSPS) is 11.8. The number of phenolic OH excluding ortho intramolecular Hbond substituents is 1. The molecule has 2 aromatic carbocycles. The molecule has 113 valence electrons. The van der Waals surface area contributed by atoms with Crippen LogP contribution in [0.5, 0.6) is 5.75 Å². The molecule has 0 aliphatic rings. The van der Waals surface area contributed by atoms with Gasteiger partial charge in [-0.15, -0.1) is 0 Å². The predicted molar refractivity (Wildman–Crippen MR) is 77.3 cm³/mol. The third kappa shape index (κ3) is 5.06. The van der Waals surface area contributed by atoms with Crippen molar-refractivity contribution < 1.29 is 32.1 Å². The standard InChI is InChI=1S/C16H15NO3.Cu/c18-15-9-5-4-8-13(15)11-17-14(16(19)20)10-12-6-2-1-3-7-12;/h1-9,11,14,18H,10H2,(H,19,20);/t14-;/m0./s1. The smallest absolute Gasteiger partial charge is 0.328 e. The Labute approximate surface area is 133 Å². The maximum Gasteiger partial charge on any atom is 0.328 e. The van der Waals surface area contributed by atoms with Crippen molar-refractivity contribution in [2.45, 2.75) is 12.5 Å². The van der Waals surface area contributed by atoms with Crippen LogP contribution in [0.25, 0.3) is 0 Å². The summed E-state index contributed by atoms with van der Waals surface area (Å²) in [6, 6.07) is 15.1. The van der Waals surface area contributed by atoms with Crippen LogP contribution in [0, 0.1) is 0 Å². The molecule has 0 aromatic heterocycles. The van der Waals surface area contributed by atoms with Crippen molar-refractivity contribution in [2.75, 3.05) is 0 Å². The maximum atomic E-state index is 11.2. The molecule has 0 heterocycles. The molecule has 0 unspecified atom stereocenters. The van der Waals surface area contributed by atoms with E-state index in [1.54, 1.807) is 18.2 Å². The van der Waals surface area contributed by atoms with Gasteiger partial charge in [-0.1, -0.05) is 42.5 Å². The molecule has 4 nitrogen and oxygen atoms in total. The van der Waals surface area contributed by atoms with Gasteiger partial charge in [-0.3, -0.25) is 4.99 Å². The zero-order chi connectivity index (χ0) is 14.4. The summed E-state index contributed by atoms with van der Waals surface area (Å²) in [6.45, 7) is 0. The molecule has 0 bridgehead atoms. The second-order valence-corrected chi connectivity index (χ2v) is 4.38. The van der Waals surface area contributed by atoms with E-state index in [1.807, 2.05) is 30.3 Å². The molecule has 1 radical (unpaired) electrons. The molecule has 0 saturated carbocycles. The SMILES string of the molecule is O=C(O)[C@H](Cc1ccccc1)N=Cc1ccccc1O.[Cu]. The van der Waals surface area contributed by atoms with E-state index in [2.05, 4.69) is 4.99 Å². The van der Waals surface area contributed by atoms with Gasteiger partial charge in [-0.25, -0.2) is 4.79 Å². The molecule has 0 amide bonds. The van der Waals surface area contributed by atoms with Crippen molar-refractivity contribution in [1.82, 2.24) is 0 Å². The number of para-hydroxylation sites is 1. The van der Waals surface area contributed by atoms with Crippen molar-refractivity contribution in [2.24, 2.45) is 4.99 Å². The van der Waals surface area contributed by atoms with Gasteiger partial charge >= 0.3 is 5.97 Å². The molecule has 2 rings (SSSR count). The Hall–Kier alpha value is -2.10. The number of carbonyl (C=O) groups is 1. The van der Waals surface area contributed by atoms with Gasteiger partial charge in [0.05, 0.1) is 0 Å². The fourth-order valence-electron chi connectivity index (χ4n) is 1.81. The van der Waals surface area contributed by atoms with Crippen molar-refractivity contribution >= 4 is 12.2 Å². The Kier molecular flexibility index (Phi) is 6.66. The molecule has 1 atom stereocenters. The molecular formula is C16H15CuNO3. The molecule has 0 aliphatic heterocycles. The van der Waals surface area contributed by atoms with Gasteiger partial charge in [0.25, 0.3) is 0 Å². The van der Waals surface area contributed by atoms with E-state index in [0.717, 1.165) is 5.56 Å². The molecule has 0 aliphatic carbocycles. The van der Waals surface area contributed by atoms with E-state index in [0.29, 0.717) is 12.0 Å². The first-order valence-corrected chi connectivity index (χ1v) is 6.24. The number of aromatic hydroxyl groups is 1. The monoisotopic (exact) mass is 332 g/mol. The van der Waals surface area contributed by atoms with Gasteiger partial charge in [-0.2, -0.15) is 0 Å². The van der Waals surface area contributed by atoms with E-state index in [9.17, 15) is 15.0 Å². The number of phenols is 1. The molecule has 2 aromatic rings. The van der Waals surface area contributed by atoms with Crippen LogP contribution in [0.15, 0.2) is 59.6 Å². The largest absolute Gasteiger partial charge is 0.507 e. The van der Waals surface area contributed by atoms with Crippen LogP contribution < -0.4 is 0 Å². The first-order valence-electron chi connectivity index (χ1n) is 6.24. The van der Waals surface area contributed by atoms with E-state index in [4.69, 9.17) is 0 Å². The Morgan fingerprint density at radius 3 is 2.33 bits per heavy atom. The van der Waals surface area contributed by atoms with Gasteiger partial charge in [0.2, 0.25) is 0 Å². The van der Waals surface area contributed by atoms with Crippen LogP contribution >= 0.6 is 0 Å². The number of rotatable bonds is 5. The second-order valence-electron chi connectivity index (χ2n) is 4.38. The molecular weight excluding hydrogens is 318 g/mol. The van der Waals surface area contributed by atoms with Crippen LogP contribution in [-0.4, -0.2) is 28.4 Å². The summed E-state index contributed by atoms with van der Waals surface area (Å²) in [5.41, 5.74) is 1.42. The van der Waals surface area contributed by atoms with Crippen LogP contribution in [0.3, 0.4) is 0 Å². The quantitative estimate of drug-likeness (QED) is 0.653. The van der Waals surface area contributed by atoms with Crippen molar-refractivity contribution in [1.29, 1.82) is 0 Å². The molecule has 0 saturated heterocycles. The van der Waals surface area contributed by atoms with E-state index in [1.165, 1.54) is 12.3 Å². The first kappa shape index (κ1) is 17.0. The minimum absolute atomic E-state index is 0. The number of carboxylic acids is 1. The van der Waals surface area contributed by atoms with E-state index >= 15 is 0 Å². The minimum Gasteiger partial charge on any atom is -0.507 e. The Balaban J connectivity index is 0.00000220. The van der Waals surface area contributed by atoms with Crippen LogP contribution in [0.4, 0.5) is 0 Å². The summed E-state index contributed by atoms with van der Waals surface area (Å²) >= 11 is 0. The van der Waals surface area contributed by atoms with Gasteiger partial charge < -0.3 is 10.2 Å². The second kappa shape index (κ2) is 8.25. The average Bonchev–Trinajstić information content (AvgIpc) is 2.46. The molecule has 0 fully saturated rings. The number of hydrogen-bond acceptors (Lipinski definition) is 3. The first-order chi connectivity index (χ1) is 9.66. The van der Waals surface area contributed by atoms with E-state index in [-0.39, 0.29) is 22.8 Å². The molecule has 2 N–H and O–H groups in total. The molecule has 0 spiro atoms. The fraction of sp³-hybridized carbons (Fsp3) is 0.125. The summed E-state index contributed by atoms with van der Waals surface area (Å²) in [7, 11) is 0. The Morgan fingerprint density at radius 2 is 1.71 bits per heavy atom. The Morgan fingerprint density at radius 1 is 1.10 bits per heavy atom. The summed E-state index contributed by atoms with van der Waals surface area (Å²) in [6.07, 6.45) is 1.72. The minimum atomic E-state index is -0.986. The third-order valence-corrected chi connectivity index (χ3v) is 2.89. The number of benzene rings is 2. The maximum absolute atomic E-state index is 11.2. The number of carboxylic acid groups (broad SMARTS) is 1. The summed E-state index contributed by atoms with van der Waals surface area (Å²) in [5.74, 6) is -0.902. The number of aliphatic carboxylic acids is 1. The zero-order valence-electron chi connectivity index (χ0n) is 11.1. The molecule has 5 heteroatoms. The average molecular weight is 333 g/mol. The van der Waals surface area contributed by atoms with Gasteiger partial charge in [0.1, 0.15) is 5.75 Å². The van der Waals surface area contributed by atoms with Crippen LogP contribution in [-0.2, 0) is 28.3 Å². The Bertz CT molecular complexity index is 614. The summed E-state index contributed by atoms with van der Waals surface area (Å²) in [4.78, 5) is 15.3.